The molecule has 3 N–H and O–H groups in total. The van der Waals surface area contributed by atoms with Crippen LogP contribution in [0.5, 0.6) is 0 Å². The van der Waals surface area contributed by atoms with Crippen molar-refractivity contribution in [3.8, 4) is 0 Å². The number of sulfonamides is 1. The van der Waals surface area contributed by atoms with E-state index in [1.54, 1.807) is 0 Å². The monoisotopic (exact) mass is 356 g/mol. The third kappa shape index (κ3) is 4.13. The topological polar surface area (TPSA) is 72.2 Å². The maximum absolute atomic E-state index is 12.8. The maximum atomic E-state index is 12.8. The molecule has 2 rings (SSSR count). The molecule has 0 aliphatic heterocycles. The van der Waals surface area contributed by atoms with Gasteiger partial charge in [0, 0.05) is 12.1 Å². The molecule has 1 aromatic carbocycles. The molecule has 1 aromatic rings. The lowest BCUT2D eigenvalue weighted by molar-refractivity contribution is -0.137. The normalized spacial score (nSPS) is 23.5. The van der Waals surface area contributed by atoms with Crippen LogP contribution in [0.25, 0.3) is 0 Å². The van der Waals surface area contributed by atoms with Crippen molar-refractivity contribution < 1.29 is 21.6 Å². The Kier molecular flexibility index (Phi) is 5.06. The summed E-state index contributed by atoms with van der Waals surface area (Å²) in [5.74, 6) is 0. The highest BCUT2D eigenvalue weighted by Gasteiger charge is 2.35. The molecule has 0 radical (unpaired) electrons. The number of nitrogens with one attached hydrogen (secondary N) is 1. The van der Waals surface area contributed by atoms with Gasteiger partial charge in [0.05, 0.1) is 15.5 Å². The summed E-state index contributed by atoms with van der Waals surface area (Å²) in [5.41, 5.74) is 4.58. The standard InChI is InChI=1S/C13H16ClF3N2O2S/c14-12-6-5-10(7-11(12)13(15,16)17)22(20,21)19-9-3-1-8(18)2-4-9/h5-9,19H,1-4,18H2. The fourth-order valence-electron chi connectivity index (χ4n) is 2.41. The van der Waals surface area contributed by atoms with Gasteiger partial charge >= 0.3 is 6.18 Å². The second-order valence-corrected chi connectivity index (χ2v) is 7.49. The molecular formula is C13H16ClF3N2O2S. The zero-order valence-electron chi connectivity index (χ0n) is 11.5. The number of rotatable bonds is 3. The molecule has 0 amide bonds. The highest BCUT2D eigenvalue weighted by molar-refractivity contribution is 7.89. The van der Waals surface area contributed by atoms with Crippen molar-refractivity contribution >= 4 is 21.6 Å². The van der Waals surface area contributed by atoms with E-state index in [4.69, 9.17) is 17.3 Å². The van der Waals surface area contributed by atoms with E-state index in [2.05, 4.69) is 4.72 Å². The molecule has 4 nitrogen and oxygen atoms in total. The van der Waals surface area contributed by atoms with E-state index in [9.17, 15) is 21.6 Å². The van der Waals surface area contributed by atoms with Gasteiger partial charge < -0.3 is 5.73 Å². The lowest BCUT2D eigenvalue weighted by Gasteiger charge is -2.26. The third-order valence-electron chi connectivity index (χ3n) is 3.65. The number of halogens is 4. The predicted molar refractivity (Wildman–Crippen MR) is 77.0 cm³/mol. The fraction of sp³-hybridized carbons (Fsp3) is 0.538. The van der Waals surface area contributed by atoms with E-state index in [-0.39, 0.29) is 12.1 Å². The molecule has 0 bridgehead atoms. The van der Waals surface area contributed by atoms with E-state index in [0.717, 1.165) is 12.1 Å². The second kappa shape index (κ2) is 6.35. The van der Waals surface area contributed by atoms with Crippen molar-refractivity contribution in [1.29, 1.82) is 0 Å². The Hall–Kier alpha value is -0.830. The molecule has 0 spiro atoms. The Morgan fingerprint density at radius 1 is 1.18 bits per heavy atom. The summed E-state index contributed by atoms with van der Waals surface area (Å²) < 4.78 is 65.3. The molecule has 0 heterocycles. The molecule has 0 saturated heterocycles. The number of benzene rings is 1. The minimum Gasteiger partial charge on any atom is -0.328 e. The molecule has 1 fully saturated rings. The summed E-state index contributed by atoms with van der Waals surface area (Å²) in [7, 11) is -4.03. The number of nitrogens with two attached hydrogens (primary N) is 1. The molecule has 22 heavy (non-hydrogen) atoms. The average Bonchev–Trinajstić information content (AvgIpc) is 2.40. The van der Waals surface area contributed by atoms with Crippen LogP contribution in [0.1, 0.15) is 31.2 Å². The Labute approximate surface area is 131 Å². The van der Waals surface area contributed by atoms with Crippen LogP contribution in [0.15, 0.2) is 23.1 Å². The molecule has 0 unspecified atom stereocenters. The van der Waals surface area contributed by atoms with E-state index in [1.807, 2.05) is 0 Å². The second-order valence-electron chi connectivity index (χ2n) is 5.37. The summed E-state index contributed by atoms with van der Waals surface area (Å²) in [4.78, 5) is -0.445. The highest BCUT2D eigenvalue weighted by atomic mass is 35.5. The molecule has 0 aromatic heterocycles. The van der Waals surface area contributed by atoms with Gasteiger partial charge in [0.25, 0.3) is 0 Å². The first kappa shape index (κ1) is 17.5. The smallest absolute Gasteiger partial charge is 0.328 e. The Morgan fingerprint density at radius 3 is 2.32 bits per heavy atom. The quantitative estimate of drug-likeness (QED) is 0.874. The van der Waals surface area contributed by atoms with Crippen LogP contribution >= 0.6 is 11.6 Å². The first-order valence-corrected chi connectivity index (χ1v) is 8.60. The first-order valence-electron chi connectivity index (χ1n) is 6.74. The predicted octanol–water partition coefficient (Wildman–Crippen LogP) is 2.91. The van der Waals surface area contributed by atoms with Crippen molar-refractivity contribution in [3.05, 3.63) is 28.8 Å². The zero-order chi connectivity index (χ0) is 16.5. The van der Waals surface area contributed by atoms with Crippen LogP contribution in [0.4, 0.5) is 13.2 Å². The van der Waals surface area contributed by atoms with Crippen LogP contribution in [0.2, 0.25) is 5.02 Å². The molecule has 124 valence electrons. The molecule has 1 saturated carbocycles. The SMILES string of the molecule is NC1CCC(NS(=O)(=O)c2ccc(Cl)c(C(F)(F)F)c2)CC1. The molecular weight excluding hydrogens is 341 g/mol. The summed E-state index contributed by atoms with van der Waals surface area (Å²) in [6.45, 7) is 0. The number of hydrogen-bond acceptors (Lipinski definition) is 3. The highest BCUT2D eigenvalue weighted by Crippen LogP contribution is 2.36. The Balaban J connectivity index is 2.23. The van der Waals surface area contributed by atoms with Gasteiger partial charge in [-0.15, -0.1) is 0 Å². The zero-order valence-corrected chi connectivity index (χ0v) is 13.1. The Morgan fingerprint density at radius 2 is 1.77 bits per heavy atom. The van der Waals surface area contributed by atoms with Gasteiger partial charge in [-0.25, -0.2) is 13.1 Å². The largest absolute Gasteiger partial charge is 0.417 e. The van der Waals surface area contributed by atoms with Crippen molar-refractivity contribution in [2.24, 2.45) is 5.73 Å². The van der Waals surface area contributed by atoms with Crippen molar-refractivity contribution in [2.45, 2.75) is 48.8 Å². The van der Waals surface area contributed by atoms with Crippen LogP contribution in [0, 0.1) is 0 Å². The van der Waals surface area contributed by atoms with Crippen molar-refractivity contribution in [2.75, 3.05) is 0 Å². The summed E-state index contributed by atoms with van der Waals surface area (Å²) in [5, 5.41) is -0.532. The molecule has 0 atom stereocenters. The van der Waals surface area contributed by atoms with Gasteiger partial charge in [-0.3, -0.25) is 0 Å². The van der Waals surface area contributed by atoms with Crippen molar-refractivity contribution in [3.63, 3.8) is 0 Å². The van der Waals surface area contributed by atoms with Gasteiger partial charge in [0.1, 0.15) is 0 Å². The summed E-state index contributed by atoms with van der Waals surface area (Å²) in [6.07, 6.45) is -2.20. The number of alkyl halides is 3. The van der Waals surface area contributed by atoms with Gasteiger partial charge in [0.15, 0.2) is 0 Å². The van der Waals surface area contributed by atoms with E-state index in [0.29, 0.717) is 31.7 Å². The van der Waals surface area contributed by atoms with Crippen LogP contribution in [0.3, 0.4) is 0 Å². The lowest BCUT2D eigenvalue weighted by Crippen LogP contribution is -2.40. The minimum atomic E-state index is -4.71. The average molecular weight is 357 g/mol. The van der Waals surface area contributed by atoms with Gasteiger partial charge in [0.2, 0.25) is 10.0 Å². The van der Waals surface area contributed by atoms with Crippen LogP contribution in [-0.4, -0.2) is 20.5 Å². The third-order valence-corrected chi connectivity index (χ3v) is 5.49. The van der Waals surface area contributed by atoms with E-state index >= 15 is 0 Å². The van der Waals surface area contributed by atoms with Crippen LogP contribution in [-0.2, 0) is 16.2 Å². The van der Waals surface area contributed by atoms with Gasteiger partial charge in [-0.1, -0.05) is 11.6 Å². The first-order chi connectivity index (χ1) is 10.1. The van der Waals surface area contributed by atoms with Crippen molar-refractivity contribution in [1.82, 2.24) is 4.72 Å². The molecule has 1 aliphatic rings. The van der Waals surface area contributed by atoms with E-state index < -0.39 is 31.7 Å². The summed E-state index contributed by atoms with van der Waals surface area (Å²) >= 11 is 5.49. The van der Waals surface area contributed by atoms with Gasteiger partial charge in [-0.05, 0) is 43.9 Å². The van der Waals surface area contributed by atoms with Crippen LogP contribution < -0.4 is 10.5 Å². The van der Waals surface area contributed by atoms with E-state index in [1.165, 1.54) is 0 Å². The maximum Gasteiger partial charge on any atom is 0.417 e. The fourth-order valence-corrected chi connectivity index (χ4v) is 3.97. The molecule has 1 aliphatic carbocycles. The summed E-state index contributed by atoms with van der Waals surface area (Å²) in [6, 6.07) is 2.30. The number of hydrogen-bond donors (Lipinski definition) is 2. The lowest BCUT2D eigenvalue weighted by atomic mass is 9.93. The molecule has 9 heteroatoms. The minimum absolute atomic E-state index is 0.0492. The van der Waals surface area contributed by atoms with Gasteiger partial charge in [-0.2, -0.15) is 13.2 Å². The Bertz CT molecular complexity index is 641.